The number of ether oxygens (including phenoxy) is 2. The van der Waals surface area contributed by atoms with E-state index in [1.165, 1.54) is 38.6 Å². The van der Waals surface area contributed by atoms with Gasteiger partial charge in [-0.15, -0.1) is 0 Å². The van der Waals surface area contributed by atoms with Crippen molar-refractivity contribution in [2.45, 2.75) is 0 Å². The van der Waals surface area contributed by atoms with Crippen molar-refractivity contribution in [2.24, 2.45) is 5.10 Å². The lowest BCUT2D eigenvalue weighted by molar-refractivity contribution is -0.120. The van der Waals surface area contributed by atoms with Crippen molar-refractivity contribution in [3.63, 3.8) is 0 Å². The molecule has 0 aliphatic heterocycles. The second-order valence-corrected chi connectivity index (χ2v) is 5.14. The molecule has 0 unspecified atom stereocenters. The maximum atomic E-state index is 12.1. The molecular formula is C18H19N3O5. The van der Waals surface area contributed by atoms with Crippen molar-refractivity contribution in [1.29, 1.82) is 0 Å². The van der Waals surface area contributed by atoms with Crippen molar-refractivity contribution in [3.8, 4) is 17.2 Å². The number of aromatic hydroxyl groups is 1. The highest BCUT2D eigenvalue weighted by atomic mass is 16.5. The van der Waals surface area contributed by atoms with Crippen LogP contribution in [-0.2, 0) is 4.79 Å². The van der Waals surface area contributed by atoms with E-state index in [0.29, 0.717) is 22.6 Å². The number of nitrogens with zero attached hydrogens (tertiary/aromatic N) is 1. The largest absolute Gasteiger partial charge is 0.508 e. The Morgan fingerprint density at radius 1 is 1.12 bits per heavy atom. The lowest BCUT2D eigenvalue weighted by Crippen LogP contribution is -2.34. The van der Waals surface area contributed by atoms with Crippen LogP contribution in [-0.4, -0.2) is 43.9 Å². The van der Waals surface area contributed by atoms with Gasteiger partial charge in [-0.3, -0.25) is 9.59 Å². The van der Waals surface area contributed by atoms with Crippen LogP contribution in [0.2, 0.25) is 0 Å². The Hall–Kier alpha value is -3.55. The smallest absolute Gasteiger partial charge is 0.259 e. The number of methoxy groups -OCH3 is 2. The van der Waals surface area contributed by atoms with Crippen LogP contribution in [0.5, 0.6) is 17.2 Å². The summed E-state index contributed by atoms with van der Waals surface area (Å²) >= 11 is 0. The molecule has 2 aromatic carbocycles. The van der Waals surface area contributed by atoms with Crippen molar-refractivity contribution in [3.05, 3.63) is 53.6 Å². The fourth-order valence-electron chi connectivity index (χ4n) is 2.06. The van der Waals surface area contributed by atoms with E-state index in [2.05, 4.69) is 15.8 Å². The van der Waals surface area contributed by atoms with E-state index in [9.17, 15) is 14.7 Å². The molecule has 0 fully saturated rings. The zero-order chi connectivity index (χ0) is 18.9. The van der Waals surface area contributed by atoms with Gasteiger partial charge >= 0.3 is 0 Å². The Morgan fingerprint density at radius 3 is 2.58 bits per heavy atom. The summed E-state index contributed by atoms with van der Waals surface area (Å²) in [5.74, 6) is 0.0964. The van der Waals surface area contributed by atoms with E-state index in [-0.39, 0.29) is 12.3 Å². The first-order chi connectivity index (χ1) is 12.5. The molecule has 0 saturated heterocycles. The summed E-state index contributed by atoms with van der Waals surface area (Å²) in [7, 11) is 2.97. The van der Waals surface area contributed by atoms with E-state index in [4.69, 9.17) is 9.47 Å². The predicted molar refractivity (Wildman–Crippen MR) is 95.7 cm³/mol. The van der Waals surface area contributed by atoms with E-state index < -0.39 is 11.8 Å². The number of hydrazone groups is 1. The fourth-order valence-corrected chi connectivity index (χ4v) is 2.06. The number of hydrogen-bond acceptors (Lipinski definition) is 6. The average molecular weight is 357 g/mol. The van der Waals surface area contributed by atoms with Gasteiger partial charge in [0.25, 0.3) is 11.8 Å². The molecule has 2 amide bonds. The molecule has 0 aromatic heterocycles. The van der Waals surface area contributed by atoms with Gasteiger partial charge in [0.15, 0.2) is 11.5 Å². The van der Waals surface area contributed by atoms with Gasteiger partial charge in [0, 0.05) is 5.56 Å². The summed E-state index contributed by atoms with van der Waals surface area (Å²) in [5.41, 5.74) is 3.24. The molecule has 0 bridgehead atoms. The third-order valence-electron chi connectivity index (χ3n) is 3.33. The molecule has 8 heteroatoms. The number of rotatable bonds is 7. The Morgan fingerprint density at radius 2 is 1.88 bits per heavy atom. The summed E-state index contributed by atoms with van der Waals surface area (Å²) in [6.45, 7) is -0.245. The van der Waals surface area contributed by atoms with Crippen molar-refractivity contribution >= 4 is 18.0 Å². The van der Waals surface area contributed by atoms with E-state index >= 15 is 0 Å². The third kappa shape index (κ3) is 5.23. The normalized spacial score (nSPS) is 10.4. The van der Waals surface area contributed by atoms with Crippen LogP contribution in [0.3, 0.4) is 0 Å². The standard InChI is InChI=1S/C18H19N3O5/c1-25-15-7-6-13(9-16(15)26-2)18(24)19-11-17(23)21-20-10-12-4-3-5-14(22)8-12/h3-10,22H,11H2,1-2H3,(H,19,24)(H,21,23)/b20-10-. The number of phenols is 1. The highest BCUT2D eigenvalue weighted by Gasteiger charge is 2.11. The van der Waals surface area contributed by atoms with Crippen LogP contribution in [0.1, 0.15) is 15.9 Å². The molecule has 0 aliphatic carbocycles. The Bertz CT molecular complexity index is 820. The zero-order valence-electron chi connectivity index (χ0n) is 14.4. The Balaban J connectivity index is 1.86. The van der Waals surface area contributed by atoms with E-state index in [1.54, 1.807) is 24.3 Å². The van der Waals surface area contributed by atoms with Crippen LogP contribution in [0.4, 0.5) is 0 Å². The average Bonchev–Trinajstić information content (AvgIpc) is 2.65. The van der Waals surface area contributed by atoms with Crippen LogP contribution in [0, 0.1) is 0 Å². The van der Waals surface area contributed by atoms with Crippen molar-refractivity contribution < 1.29 is 24.2 Å². The zero-order valence-corrected chi connectivity index (χ0v) is 14.4. The minimum atomic E-state index is -0.491. The Labute approximate surface area is 150 Å². The maximum Gasteiger partial charge on any atom is 0.259 e. The third-order valence-corrected chi connectivity index (χ3v) is 3.33. The number of hydrogen-bond donors (Lipinski definition) is 3. The lowest BCUT2D eigenvalue weighted by atomic mass is 10.2. The van der Waals surface area contributed by atoms with Crippen LogP contribution >= 0.6 is 0 Å². The molecule has 0 aliphatic rings. The molecule has 0 spiro atoms. The second-order valence-electron chi connectivity index (χ2n) is 5.14. The maximum absolute atomic E-state index is 12.1. The minimum Gasteiger partial charge on any atom is -0.508 e. The summed E-state index contributed by atoms with van der Waals surface area (Å²) in [4.78, 5) is 23.8. The summed E-state index contributed by atoms with van der Waals surface area (Å²) in [6, 6.07) is 11.1. The molecule has 26 heavy (non-hydrogen) atoms. The molecule has 136 valence electrons. The lowest BCUT2D eigenvalue weighted by Gasteiger charge is -2.09. The monoisotopic (exact) mass is 357 g/mol. The molecular weight excluding hydrogens is 338 g/mol. The van der Waals surface area contributed by atoms with Crippen molar-refractivity contribution in [2.75, 3.05) is 20.8 Å². The number of carbonyl (C=O) groups excluding carboxylic acids is 2. The molecule has 2 rings (SSSR count). The highest BCUT2D eigenvalue weighted by molar-refractivity contribution is 5.97. The number of benzene rings is 2. The topological polar surface area (TPSA) is 109 Å². The van der Waals surface area contributed by atoms with Gasteiger partial charge in [0.1, 0.15) is 5.75 Å². The first-order valence-electron chi connectivity index (χ1n) is 7.64. The number of phenolic OH excluding ortho intramolecular Hbond substituents is 1. The van der Waals surface area contributed by atoms with Crippen molar-refractivity contribution in [1.82, 2.24) is 10.7 Å². The Kier molecular flexibility index (Phi) is 6.55. The second kappa shape index (κ2) is 9.07. The molecule has 3 N–H and O–H groups in total. The van der Waals surface area contributed by atoms with Gasteiger partial charge in [-0.2, -0.15) is 5.10 Å². The molecule has 2 aromatic rings. The van der Waals surface area contributed by atoms with Gasteiger partial charge in [0.05, 0.1) is 27.0 Å². The van der Waals surface area contributed by atoms with Gasteiger partial charge in [-0.05, 0) is 35.9 Å². The van der Waals surface area contributed by atoms with Crippen LogP contribution < -0.4 is 20.2 Å². The highest BCUT2D eigenvalue weighted by Crippen LogP contribution is 2.27. The van der Waals surface area contributed by atoms with Crippen LogP contribution in [0.15, 0.2) is 47.6 Å². The van der Waals surface area contributed by atoms with E-state index in [1.807, 2.05) is 0 Å². The fraction of sp³-hybridized carbons (Fsp3) is 0.167. The summed E-state index contributed by atoms with van der Waals surface area (Å²) < 4.78 is 10.2. The summed E-state index contributed by atoms with van der Waals surface area (Å²) in [6.07, 6.45) is 1.38. The number of nitrogens with one attached hydrogen (secondary N) is 2. The predicted octanol–water partition coefficient (Wildman–Crippen LogP) is 1.29. The molecule has 0 saturated carbocycles. The van der Waals surface area contributed by atoms with Gasteiger partial charge in [0.2, 0.25) is 0 Å². The first kappa shape index (κ1) is 18.8. The molecule has 0 atom stereocenters. The quantitative estimate of drug-likeness (QED) is 0.511. The van der Waals surface area contributed by atoms with Gasteiger partial charge in [-0.1, -0.05) is 12.1 Å². The van der Waals surface area contributed by atoms with Crippen LogP contribution in [0.25, 0.3) is 0 Å². The van der Waals surface area contributed by atoms with Gasteiger partial charge < -0.3 is 19.9 Å². The summed E-state index contributed by atoms with van der Waals surface area (Å²) in [5, 5.41) is 15.6. The number of amides is 2. The first-order valence-corrected chi connectivity index (χ1v) is 7.64. The van der Waals surface area contributed by atoms with E-state index in [0.717, 1.165) is 0 Å². The molecule has 8 nitrogen and oxygen atoms in total. The molecule has 0 radical (unpaired) electrons. The minimum absolute atomic E-state index is 0.0995. The van der Waals surface area contributed by atoms with Gasteiger partial charge in [-0.25, -0.2) is 5.43 Å². The molecule has 0 heterocycles. The SMILES string of the molecule is COc1ccc(C(=O)NCC(=O)N/N=C\c2cccc(O)c2)cc1OC. The number of carbonyl (C=O) groups is 2.